The van der Waals surface area contributed by atoms with E-state index in [2.05, 4.69) is 9.97 Å². The molecule has 0 atom stereocenters. The van der Waals surface area contributed by atoms with E-state index in [4.69, 9.17) is 0 Å². The molecule has 0 N–H and O–H groups in total. The molecule has 1 heterocycles. The summed E-state index contributed by atoms with van der Waals surface area (Å²) in [4.78, 5) is 7.17. The Morgan fingerprint density at radius 1 is 1.08 bits per heavy atom. The Bertz CT molecular complexity index is 279. The van der Waals surface area contributed by atoms with Gasteiger partial charge < -0.3 is 0 Å². The summed E-state index contributed by atoms with van der Waals surface area (Å²) in [5, 5.41) is 0. The minimum Gasteiger partial charge on any atom is -0.240 e. The van der Waals surface area contributed by atoms with Crippen molar-refractivity contribution in [3.05, 3.63) is 24.3 Å². The lowest BCUT2D eigenvalue weighted by Gasteiger charge is -2.25. The number of hydrogen-bond donors (Lipinski definition) is 0. The topological polar surface area (TPSA) is 25.8 Å². The number of hydrogen-bond acceptors (Lipinski definition) is 2. The van der Waals surface area contributed by atoms with E-state index >= 15 is 0 Å². The second-order valence-corrected chi connectivity index (χ2v) is 3.20. The number of halogens is 3. The molecule has 5 heteroatoms. The summed E-state index contributed by atoms with van der Waals surface area (Å²) in [6, 6.07) is 1.48. The third-order valence-corrected chi connectivity index (χ3v) is 1.83. The predicted octanol–water partition coefficient (Wildman–Crippen LogP) is 2.32. The number of alkyl halides is 3. The van der Waals surface area contributed by atoms with Gasteiger partial charge in [0.25, 0.3) is 0 Å². The fraction of sp³-hybridized carbons (Fsp3) is 0.500. The van der Waals surface area contributed by atoms with Crippen LogP contribution in [0.2, 0.25) is 0 Å². The van der Waals surface area contributed by atoms with E-state index in [9.17, 15) is 13.2 Å². The zero-order valence-electron chi connectivity index (χ0n) is 7.26. The van der Waals surface area contributed by atoms with E-state index in [1.54, 1.807) is 0 Å². The Labute approximate surface area is 73.8 Å². The molecular formula is C8H9F3N2. The fourth-order valence-corrected chi connectivity index (χ4v) is 0.749. The SMILES string of the molecule is CC(C)(c1ncccn1)C(F)(F)F. The van der Waals surface area contributed by atoms with E-state index in [0.29, 0.717) is 0 Å². The van der Waals surface area contributed by atoms with Crippen LogP contribution in [0.5, 0.6) is 0 Å². The van der Waals surface area contributed by atoms with Crippen LogP contribution in [0.4, 0.5) is 13.2 Å². The van der Waals surface area contributed by atoms with Gasteiger partial charge in [-0.25, -0.2) is 9.97 Å². The van der Waals surface area contributed by atoms with Crippen LogP contribution in [0.1, 0.15) is 19.7 Å². The van der Waals surface area contributed by atoms with Gasteiger partial charge in [0, 0.05) is 12.4 Å². The Morgan fingerprint density at radius 2 is 1.54 bits per heavy atom. The van der Waals surface area contributed by atoms with Gasteiger partial charge in [0.1, 0.15) is 11.2 Å². The average molecular weight is 190 g/mol. The largest absolute Gasteiger partial charge is 0.400 e. The summed E-state index contributed by atoms with van der Waals surface area (Å²) in [7, 11) is 0. The van der Waals surface area contributed by atoms with Gasteiger partial charge in [-0.05, 0) is 19.9 Å². The second-order valence-electron chi connectivity index (χ2n) is 3.20. The van der Waals surface area contributed by atoms with Crippen LogP contribution in [0.25, 0.3) is 0 Å². The zero-order valence-corrected chi connectivity index (χ0v) is 7.26. The van der Waals surface area contributed by atoms with Crippen molar-refractivity contribution in [2.45, 2.75) is 25.4 Å². The lowest BCUT2D eigenvalue weighted by Crippen LogP contribution is -2.37. The molecule has 0 bridgehead atoms. The van der Waals surface area contributed by atoms with Crippen LogP contribution in [-0.2, 0) is 5.41 Å². The molecule has 2 nitrogen and oxygen atoms in total. The van der Waals surface area contributed by atoms with E-state index < -0.39 is 11.6 Å². The first kappa shape index (κ1) is 9.95. The third kappa shape index (κ3) is 1.79. The molecule has 0 aromatic carbocycles. The van der Waals surface area contributed by atoms with Gasteiger partial charge in [-0.3, -0.25) is 0 Å². The van der Waals surface area contributed by atoms with Gasteiger partial charge in [-0.2, -0.15) is 13.2 Å². The molecule has 0 amide bonds. The van der Waals surface area contributed by atoms with Crippen molar-refractivity contribution in [2.75, 3.05) is 0 Å². The van der Waals surface area contributed by atoms with Gasteiger partial charge in [0.15, 0.2) is 0 Å². The van der Waals surface area contributed by atoms with Gasteiger partial charge >= 0.3 is 6.18 Å². The number of aromatic nitrogens is 2. The molecule has 0 aliphatic heterocycles. The molecule has 1 aromatic rings. The molecular weight excluding hydrogens is 181 g/mol. The van der Waals surface area contributed by atoms with E-state index in [0.717, 1.165) is 13.8 Å². The third-order valence-electron chi connectivity index (χ3n) is 1.83. The quantitative estimate of drug-likeness (QED) is 0.679. The van der Waals surface area contributed by atoms with Crippen LogP contribution < -0.4 is 0 Å². The van der Waals surface area contributed by atoms with Crippen LogP contribution >= 0.6 is 0 Å². The lowest BCUT2D eigenvalue weighted by molar-refractivity contribution is -0.182. The molecule has 0 saturated carbocycles. The minimum absolute atomic E-state index is 0.206. The van der Waals surface area contributed by atoms with Gasteiger partial charge in [-0.1, -0.05) is 0 Å². The predicted molar refractivity (Wildman–Crippen MR) is 41.1 cm³/mol. The Morgan fingerprint density at radius 3 is 1.92 bits per heavy atom. The van der Waals surface area contributed by atoms with Crippen molar-refractivity contribution in [1.82, 2.24) is 9.97 Å². The van der Waals surface area contributed by atoms with Gasteiger partial charge in [0.2, 0.25) is 0 Å². The summed E-state index contributed by atoms with van der Waals surface area (Å²) >= 11 is 0. The monoisotopic (exact) mass is 190 g/mol. The summed E-state index contributed by atoms with van der Waals surface area (Å²) in [5.74, 6) is -0.206. The van der Waals surface area contributed by atoms with Crippen molar-refractivity contribution in [3.8, 4) is 0 Å². The van der Waals surface area contributed by atoms with Crippen molar-refractivity contribution in [2.24, 2.45) is 0 Å². The Hall–Kier alpha value is -1.13. The Balaban J connectivity index is 3.08. The zero-order chi connectivity index (χ0) is 10.1. The maximum atomic E-state index is 12.4. The van der Waals surface area contributed by atoms with Crippen LogP contribution in [0, 0.1) is 0 Å². The molecule has 1 rings (SSSR count). The molecule has 0 spiro atoms. The van der Waals surface area contributed by atoms with Crippen LogP contribution in [-0.4, -0.2) is 16.1 Å². The van der Waals surface area contributed by atoms with E-state index in [1.165, 1.54) is 18.5 Å². The first-order valence-electron chi connectivity index (χ1n) is 3.70. The lowest BCUT2D eigenvalue weighted by atomic mass is 9.92. The highest BCUT2D eigenvalue weighted by atomic mass is 19.4. The van der Waals surface area contributed by atoms with Crippen molar-refractivity contribution >= 4 is 0 Å². The molecule has 0 saturated heterocycles. The standard InChI is InChI=1S/C8H9F3N2/c1-7(2,8(9,10)11)6-12-4-3-5-13-6/h3-5H,1-2H3. The smallest absolute Gasteiger partial charge is 0.240 e. The normalized spacial score (nSPS) is 13.0. The van der Waals surface area contributed by atoms with Crippen molar-refractivity contribution < 1.29 is 13.2 Å². The van der Waals surface area contributed by atoms with Gasteiger partial charge in [-0.15, -0.1) is 0 Å². The second kappa shape index (κ2) is 2.97. The molecule has 0 fully saturated rings. The molecule has 1 aromatic heterocycles. The molecule has 0 aliphatic rings. The highest BCUT2D eigenvalue weighted by Gasteiger charge is 2.50. The highest BCUT2D eigenvalue weighted by Crippen LogP contribution is 2.38. The molecule has 72 valence electrons. The number of rotatable bonds is 1. The summed E-state index contributed by atoms with van der Waals surface area (Å²) in [6.45, 7) is 2.12. The summed E-state index contributed by atoms with van der Waals surface area (Å²) in [6.07, 6.45) is -1.72. The van der Waals surface area contributed by atoms with Crippen molar-refractivity contribution in [3.63, 3.8) is 0 Å². The first-order chi connectivity index (χ1) is 5.86. The Kier molecular flexibility index (Phi) is 2.28. The van der Waals surface area contributed by atoms with Crippen LogP contribution in [0.3, 0.4) is 0 Å². The maximum Gasteiger partial charge on any atom is 0.400 e. The van der Waals surface area contributed by atoms with Gasteiger partial charge in [0.05, 0.1) is 0 Å². The first-order valence-corrected chi connectivity index (χ1v) is 3.70. The molecule has 0 unspecified atom stereocenters. The van der Waals surface area contributed by atoms with E-state index in [-0.39, 0.29) is 5.82 Å². The van der Waals surface area contributed by atoms with Crippen LogP contribution in [0.15, 0.2) is 18.5 Å². The average Bonchev–Trinajstić information content (AvgIpc) is 2.04. The minimum atomic E-state index is -4.33. The molecule has 0 radical (unpaired) electrons. The molecule has 13 heavy (non-hydrogen) atoms. The highest BCUT2D eigenvalue weighted by molar-refractivity contribution is 5.07. The molecule has 0 aliphatic carbocycles. The maximum absolute atomic E-state index is 12.4. The van der Waals surface area contributed by atoms with E-state index in [1.807, 2.05) is 0 Å². The summed E-state index contributed by atoms with van der Waals surface area (Å²) < 4.78 is 37.3. The summed E-state index contributed by atoms with van der Waals surface area (Å²) in [5.41, 5.74) is -1.99. The van der Waals surface area contributed by atoms with Crippen molar-refractivity contribution in [1.29, 1.82) is 0 Å². The fourth-order valence-electron chi connectivity index (χ4n) is 0.749. The number of nitrogens with zero attached hydrogens (tertiary/aromatic N) is 2.